The van der Waals surface area contributed by atoms with Crippen molar-refractivity contribution in [2.24, 2.45) is 0 Å². The van der Waals surface area contributed by atoms with Crippen molar-refractivity contribution in [2.45, 2.75) is 38.8 Å². The third kappa shape index (κ3) is 9.09. The van der Waals surface area contributed by atoms with Crippen LogP contribution >= 0.6 is 0 Å². The van der Waals surface area contributed by atoms with E-state index in [1.165, 1.54) is 0 Å². The lowest BCUT2D eigenvalue weighted by atomic mass is 10.1. The van der Waals surface area contributed by atoms with Crippen LogP contribution in [0.5, 0.6) is 0 Å². The number of hydrogen-bond donors (Lipinski definition) is 3. The summed E-state index contributed by atoms with van der Waals surface area (Å²) in [5.74, 6) is -0.0793. The van der Waals surface area contributed by atoms with Gasteiger partial charge in [0.2, 0.25) is 5.91 Å². The molecule has 0 aliphatic carbocycles. The number of rotatable bonds is 8. The van der Waals surface area contributed by atoms with Crippen LogP contribution in [-0.4, -0.2) is 61.3 Å². The average Bonchev–Trinajstić information content (AvgIpc) is 2.21. The van der Waals surface area contributed by atoms with Crippen LogP contribution in [-0.2, 0) is 4.79 Å². The summed E-state index contributed by atoms with van der Waals surface area (Å²) in [5.41, 5.74) is -0.893. The minimum absolute atomic E-state index is 0.0793. The van der Waals surface area contributed by atoms with E-state index in [9.17, 15) is 9.90 Å². The maximum absolute atomic E-state index is 11.5. The molecule has 1 amide bonds. The fourth-order valence-electron chi connectivity index (χ4n) is 1.50. The van der Waals surface area contributed by atoms with E-state index in [4.69, 9.17) is 0 Å². The number of aliphatic hydroxyl groups is 1. The van der Waals surface area contributed by atoms with Crippen molar-refractivity contribution in [1.82, 2.24) is 15.5 Å². The Kier molecular flexibility index (Phi) is 7.34. The Morgan fingerprint density at radius 1 is 1.47 bits per heavy atom. The highest BCUT2D eigenvalue weighted by Gasteiger charge is 2.21. The molecule has 0 aromatic heterocycles. The highest BCUT2D eigenvalue weighted by molar-refractivity contribution is 5.78. The minimum Gasteiger partial charge on any atom is -0.387 e. The van der Waals surface area contributed by atoms with Gasteiger partial charge in [-0.05, 0) is 34.4 Å². The number of carbonyl (C=O) groups is 1. The molecule has 102 valence electrons. The Bertz CT molecular complexity index is 230. The first-order valence-corrected chi connectivity index (χ1v) is 6.14. The highest BCUT2D eigenvalue weighted by atomic mass is 16.3. The first kappa shape index (κ1) is 16.4. The van der Waals surface area contributed by atoms with E-state index in [0.717, 1.165) is 6.42 Å². The second-order valence-corrected chi connectivity index (χ2v) is 5.20. The molecule has 3 N–H and O–H groups in total. The molecule has 0 aromatic rings. The van der Waals surface area contributed by atoms with Crippen LogP contribution in [0.15, 0.2) is 0 Å². The summed E-state index contributed by atoms with van der Waals surface area (Å²) in [6, 6.07) is 0.336. The van der Waals surface area contributed by atoms with Gasteiger partial charge in [0.05, 0.1) is 12.1 Å². The third-order valence-corrected chi connectivity index (χ3v) is 2.55. The van der Waals surface area contributed by atoms with Gasteiger partial charge in [-0.15, -0.1) is 0 Å². The van der Waals surface area contributed by atoms with Crippen molar-refractivity contribution >= 4 is 5.91 Å². The first-order valence-electron chi connectivity index (χ1n) is 6.14. The Hall–Kier alpha value is -0.650. The average molecular weight is 245 g/mol. The number of likely N-dealkylation sites (N-methyl/N-ethyl adjacent to an activating group) is 1. The van der Waals surface area contributed by atoms with Crippen molar-refractivity contribution in [3.63, 3.8) is 0 Å². The molecule has 2 unspecified atom stereocenters. The fraction of sp³-hybridized carbons (Fsp3) is 0.917. The summed E-state index contributed by atoms with van der Waals surface area (Å²) in [7, 11) is 3.78. The quantitative estimate of drug-likeness (QED) is 0.554. The summed E-state index contributed by atoms with van der Waals surface area (Å²) < 4.78 is 0. The Labute approximate surface area is 105 Å². The molecule has 0 radical (unpaired) electrons. The SMILES string of the molecule is CCC(C)NCC(=O)NCC(C)(O)CN(C)C. The smallest absolute Gasteiger partial charge is 0.234 e. The largest absolute Gasteiger partial charge is 0.387 e. The predicted octanol–water partition coefficient (Wildman–Crippen LogP) is -0.197. The number of nitrogens with one attached hydrogen (secondary N) is 2. The van der Waals surface area contributed by atoms with Crippen molar-refractivity contribution in [2.75, 3.05) is 33.7 Å². The van der Waals surface area contributed by atoms with Crippen LogP contribution in [0.2, 0.25) is 0 Å². The van der Waals surface area contributed by atoms with E-state index in [1.54, 1.807) is 6.92 Å². The van der Waals surface area contributed by atoms with Crippen molar-refractivity contribution in [3.05, 3.63) is 0 Å². The maximum atomic E-state index is 11.5. The second kappa shape index (κ2) is 7.63. The zero-order chi connectivity index (χ0) is 13.5. The van der Waals surface area contributed by atoms with E-state index < -0.39 is 5.60 Å². The number of carbonyl (C=O) groups excluding carboxylic acids is 1. The fourth-order valence-corrected chi connectivity index (χ4v) is 1.50. The molecule has 0 saturated carbocycles. The minimum atomic E-state index is -0.893. The van der Waals surface area contributed by atoms with Gasteiger partial charge >= 0.3 is 0 Å². The molecular weight excluding hydrogens is 218 g/mol. The molecule has 2 atom stereocenters. The lowest BCUT2D eigenvalue weighted by Crippen LogP contribution is -2.49. The molecule has 0 bridgehead atoms. The molecule has 0 saturated heterocycles. The lowest BCUT2D eigenvalue weighted by molar-refractivity contribution is -0.121. The Balaban J connectivity index is 3.83. The van der Waals surface area contributed by atoms with Gasteiger partial charge in [-0.1, -0.05) is 6.92 Å². The van der Waals surface area contributed by atoms with Gasteiger partial charge in [0.25, 0.3) is 0 Å². The van der Waals surface area contributed by atoms with Crippen LogP contribution in [0.1, 0.15) is 27.2 Å². The standard InChI is InChI=1S/C12H27N3O2/c1-6-10(2)13-7-11(16)14-8-12(3,17)9-15(4)5/h10,13,17H,6-9H2,1-5H3,(H,14,16). The van der Waals surface area contributed by atoms with Gasteiger partial charge in [-0.2, -0.15) is 0 Å². The normalized spacial score (nSPS) is 16.6. The lowest BCUT2D eigenvalue weighted by Gasteiger charge is -2.27. The Morgan fingerprint density at radius 2 is 2.06 bits per heavy atom. The van der Waals surface area contributed by atoms with E-state index in [1.807, 2.05) is 25.9 Å². The Morgan fingerprint density at radius 3 is 2.53 bits per heavy atom. The van der Waals surface area contributed by atoms with Crippen molar-refractivity contribution in [3.8, 4) is 0 Å². The van der Waals surface area contributed by atoms with E-state index >= 15 is 0 Å². The summed E-state index contributed by atoms with van der Waals surface area (Å²) in [5, 5.41) is 15.8. The van der Waals surface area contributed by atoms with Gasteiger partial charge in [0.15, 0.2) is 0 Å². The number of amides is 1. The summed E-state index contributed by atoms with van der Waals surface area (Å²) in [6.07, 6.45) is 0.992. The highest BCUT2D eigenvalue weighted by Crippen LogP contribution is 2.02. The number of nitrogens with zero attached hydrogens (tertiary/aromatic N) is 1. The van der Waals surface area contributed by atoms with E-state index in [-0.39, 0.29) is 12.5 Å². The van der Waals surface area contributed by atoms with Crippen LogP contribution in [0.4, 0.5) is 0 Å². The topological polar surface area (TPSA) is 64.6 Å². The maximum Gasteiger partial charge on any atom is 0.234 e. The zero-order valence-electron chi connectivity index (χ0n) is 11.7. The molecule has 0 rings (SSSR count). The molecule has 5 heteroatoms. The van der Waals surface area contributed by atoms with Gasteiger partial charge in [-0.3, -0.25) is 4.79 Å². The summed E-state index contributed by atoms with van der Waals surface area (Å²) in [6.45, 7) is 6.91. The monoisotopic (exact) mass is 245 g/mol. The van der Waals surface area contributed by atoms with E-state index in [2.05, 4.69) is 17.6 Å². The molecule has 0 heterocycles. The molecule has 0 aliphatic heterocycles. The predicted molar refractivity (Wildman–Crippen MR) is 69.9 cm³/mol. The van der Waals surface area contributed by atoms with Gasteiger partial charge in [0, 0.05) is 19.1 Å². The molecule has 0 spiro atoms. The van der Waals surface area contributed by atoms with E-state index in [0.29, 0.717) is 19.1 Å². The van der Waals surface area contributed by atoms with Gasteiger partial charge < -0.3 is 20.6 Å². The summed E-state index contributed by atoms with van der Waals surface area (Å²) >= 11 is 0. The molecular formula is C12H27N3O2. The molecule has 5 nitrogen and oxygen atoms in total. The second-order valence-electron chi connectivity index (χ2n) is 5.20. The number of hydrogen-bond acceptors (Lipinski definition) is 4. The molecule has 0 fully saturated rings. The van der Waals surface area contributed by atoms with Crippen LogP contribution in [0.3, 0.4) is 0 Å². The van der Waals surface area contributed by atoms with Crippen LogP contribution < -0.4 is 10.6 Å². The first-order chi connectivity index (χ1) is 7.76. The molecule has 0 aliphatic rings. The van der Waals surface area contributed by atoms with Crippen LogP contribution in [0.25, 0.3) is 0 Å². The van der Waals surface area contributed by atoms with Gasteiger partial charge in [0.1, 0.15) is 0 Å². The molecule has 17 heavy (non-hydrogen) atoms. The van der Waals surface area contributed by atoms with Crippen molar-refractivity contribution in [1.29, 1.82) is 0 Å². The third-order valence-electron chi connectivity index (χ3n) is 2.55. The summed E-state index contributed by atoms with van der Waals surface area (Å²) in [4.78, 5) is 13.4. The zero-order valence-corrected chi connectivity index (χ0v) is 11.7. The van der Waals surface area contributed by atoms with Crippen LogP contribution in [0, 0.1) is 0 Å². The molecule has 0 aromatic carbocycles. The van der Waals surface area contributed by atoms with Crippen molar-refractivity contribution < 1.29 is 9.90 Å². The van der Waals surface area contributed by atoms with Gasteiger partial charge in [-0.25, -0.2) is 0 Å².